The average Bonchev–Trinajstić information content (AvgIpc) is 3.78. The second kappa shape index (κ2) is 11.4. The van der Waals surface area contributed by atoms with E-state index in [-0.39, 0.29) is 28.1 Å². The fourth-order valence-corrected chi connectivity index (χ4v) is 8.09. The van der Waals surface area contributed by atoms with Crippen LogP contribution in [0.3, 0.4) is 0 Å². The molecule has 0 fully saturated rings. The summed E-state index contributed by atoms with van der Waals surface area (Å²) in [5.41, 5.74) is 10.5. The third kappa shape index (κ3) is 4.19. The van der Waals surface area contributed by atoms with Gasteiger partial charge in [0.05, 0.1) is 5.69 Å². The van der Waals surface area contributed by atoms with Crippen molar-refractivity contribution in [1.82, 2.24) is 9.55 Å². The van der Waals surface area contributed by atoms with E-state index in [9.17, 15) is 0 Å². The second-order valence-electron chi connectivity index (χ2n) is 12.6. The largest absolute Gasteiger partial charge is 2.00 e. The molecule has 0 amide bonds. The van der Waals surface area contributed by atoms with Crippen molar-refractivity contribution in [3.63, 3.8) is 0 Å². The average molecular weight is 809 g/mol. The summed E-state index contributed by atoms with van der Waals surface area (Å²) in [7, 11) is 1.80. The number of benzene rings is 6. The first kappa shape index (κ1) is 29.7. The van der Waals surface area contributed by atoms with Crippen molar-refractivity contribution < 1.29 is 25.7 Å². The molecule has 0 saturated carbocycles. The molecule has 0 atom stereocenters. The molecule has 6 heteroatoms. The zero-order chi connectivity index (χ0) is 31.8. The number of nitrogens with zero attached hydrogens (tertiary/aromatic N) is 3. The maximum absolute atomic E-state index is 6.53. The molecule has 0 N–H and O–H groups in total. The smallest absolute Gasteiger partial charge is 0.537 e. The summed E-state index contributed by atoms with van der Waals surface area (Å²) in [6.07, 6.45) is 1.85. The summed E-state index contributed by atoms with van der Waals surface area (Å²) >= 11 is 0. The Hall–Kier alpha value is -5.38. The number of fused-ring (bicyclic) bond motifs is 7. The van der Waals surface area contributed by atoms with Gasteiger partial charge in [0.25, 0.3) is 0 Å². The third-order valence-electron chi connectivity index (χ3n) is 10.1. The molecule has 0 saturated heterocycles. The number of hydrogen-bond acceptors (Lipinski definition) is 3. The van der Waals surface area contributed by atoms with Gasteiger partial charge in [-0.15, -0.1) is 22.0 Å². The molecule has 10 rings (SSSR count). The van der Waals surface area contributed by atoms with E-state index < -0.39 is 5.41 Å². The molecule has 1 aliphatic heterocycles. The molecule has 0 spiro atoms. The molecular weight excluding hydrogens is 780 g/mol. The van der Waals surface area contributed by atoms with Gasteiger partial charge < -0.3 is 14.0 Å². The molecular formula is C43H28BN3OPt. The monoisotopic (exact) mass is 808 g/mol. The SMILES string of the molecule is CN1B(c2[c-]c(C3(c4[c-]c5c(cc4)c4ccccc4n5-c4ccccn4)c4ccccc4-c4ccccc43)ccc2)Oc2ccccc21.[Pt+2]. The van der Waals surface area contributed by atoms with Gasteiger partial charge in [0, 0.05) is 17.1 Å². The van der Waals surface area contributed by atoms with Crippen LogP contribution in [0.5, 0.6) is 5.75 Å². The Morgan fingerprint density at radius 2 is 1.33 bits per heavy atom. The Morgan fingerprint density at radius 3 is 2.10 bits per heavy atom. The van der Waals surface area contributed by atoms with Crippen LogP contribution in [0.25, 0.3) is 38.8 Å². The van der Waals surface area contributed by atoms with Crippen molar-refractivity contribution in [1.29, 1.82) is 0 Å². The van der Waals surface area contributed by atoms with E-state index in [1.54, 1.807) is 0 Å². The zero-order valence-electron chi connectivity index (χ0n) is 26.6. The van der Waals surface area contributed by atoms with Crippen LogP contribution in [-0.4, -0.2) is 23.6 Å². The Kier molecular flexibility index (Phi) is 6.89. The second-order valence-corrected chi connectivity index (χ2v) is 12.6. The molecule has 0 radical (unpaired) electrons. The minimum absolute atomic E-state index is 0. The van der Waals surface area contributed by atoms with Gasteiger partial charge in [0.15, 0.2) is 0 Å². The van der Waals surface area contributed by atoms with Crippen molar-refractivity contribution in [2.75, 3.05) is 11.9 Å². The van der Waals surface area contributed by atoms with E-state index in [0.717, 1.165) is 50.3 Å². The summed E-state index contributed by atoms with van der Waals surface area (Å²) in [6, 6.07) is 59.4. The van der Waals surface area contributed by atoms with Gasteiger partial charge in [-0.05, 0) is 65.0 Å². The number of para-hydroxylation sites is 3. The maximum Gasteiger partial charge on any atom is 2.00 e. The van der Waals surface area contributed by atoms with Crippen molar-refractivity contribution in [3.8, 4) is 22.7 Å². The normalized spacial score (nSPS) is 13.9. The predicted molar refractivity (Wildman–Crippen MR) is 194 cm³/mol. The summed E-state index contributed by atoms with van der Waals surface area (Å²) in [6.45, 7) is 0. The van der Waals surface area contributed by atoms with Gasteiger partial charge >= 0.3 is 28.1 Å². The van der Waals surface area contributed by atoms with Crippen LogP contribution in [0.15, 0.2) is 152 Å². The minimum Gasteiger partial charge on any atom is -0.537 e. The number of anilines is 1. The van der Waals surface area contributed by atoms with E-state index in [1.807, 2.05) is 30.5 Å². The van der Waals surface area contributed by atoms with Crippen LogP contribution in [0, 0.1) is 12.1 Å². The van der Waals surface area contributed by atoms with Crippen LogP contribution in [0.1, 0.15) is 22.3 Å². The molecule has 8 aromatic rings. The topological polar surface area (TPSA) is 30.3 Å². The molecule has 49 heavy (non-hydrogen) atoms. The number of rotatable bonds is 4. The fourth-order valence-electron chi connectivity index (χ4n) is 8.09. The quantitative estimate of drug-likeness (QED) is 0.132. The van der Waals surface area contributed by atoms with E-state index in [2.05, 4.69) is 150 Å². The number of aromatic nitrogens is 2. The minimum atomic E-state index is -0.674. The van der Waals surface area contributed by atoms with Crippen molar-refractivity contribution in [3.05, 3.63) is 186 Å². The van der Waals surface area contributed by atoms with Gasteiger partial charge in [0.1, 0.15) is 11.6 Å². The van der Waals surface area contributed by atoms with Crippen molar-refractivity contribution >= 4 is 40.0 Å². The number of hydrogen-bond donors (Lipinski definition) is 0. The van der Waals surface area contributed by atoms with Gasteiger partial charge in [-0.2, -0.15) is 42.5 Å². The first-order chi connectivity index (χ1) is 23.7. The van der Waals surface area contributed by atoms with Crippen LogP contribution in [-0.2, 0) is 26.5 Å². The van der Waals surface area contributed by atoms with Crippen molar-refractivity contribution in [2.45, 2.75) is 5.41 Å². The molecule has 2 aliphatic rings. The Balaban J connectivity index is 0.00000325. The summed E-state index contributed by atoms with van der Waals surface area (Å²) < 4.78 is 8.78. The summed E-state index contributed by atoms with van der Waals surface area (Å²) in [5.74, 6) is 1.75. The van der Waals surface area contributed by atoms with E-state index in [0.29, 0.717) is 0 Å². The van der Waals surface area contributed by atoms with Crippen molar-refractivity contribution in [2.24, 2.45) is 0 Å². The molecule has 2 aromatic heterocycles. The zero-order valence-corrected chi connectivity index (χ0v) is 28.8. The standard InChI is InChI=1S/C43H28BN3O.Pt/c1-46-39-21-8-9-22-41(39)48-44(46)31-14-12-13-29(27-31)43(36-18-5-2-15-32(36)33-16-3-6-19-37(33)43)30-24-25-35-34-17-4-7-20-38(34)47(40(35)28-30)42-23-10-11-26-45-42;/h2-26H,1H3;/q-2;+2. The summed E-state index contributed by atoms with van der Waals surface area (Å²) in [5, 5.41) is 2.32. The summed E-state index contributed by atoms with van der Waals surface area (Å²) in [4.78, 5) is 6.99. The molecule has 3 heterocycles. The molecule has 4 nitrogen and oxygen atoms in total. The number of pyridine rings is 1. The molecule has 234 valence electrons. The molecule has 0 bridgehead atoms. The van der Waals surface area contributed by atoms with E-state index in [1.165, 1.54) is 27.6 Å². The first-order valence-corrected chi connectivity index (χ1v) is 16.3. The van der Waals surface area contributed by atoms with Crippen LogP contribution >= 0.6 is 0 Å². The van der Waals surface area contributed by atoms with E-state index >= 15 is 0 Å². The molecule has 1 aliphatic carbocycles. The Morgan fingerprint density at radius 1 is 0.633 bits per heavy atom. The van der Waals surface area contributed by atoms with Crippen LogP contribution < -0.4 is 14.9 Å². The third-order valence-corrected chi connectivity index (χ3v) is 10.1. The maximum atomic E-state index is 6.53. The fraction of sp³-hybridized carbons (Fsp3) is 0.0465. The first-order valence-electron chi connectivity index (χ1n) is 16.3. The van der Waals surface area contributed by atoms with E-state index in [4.69, 9.17) is 9.64 Å². The Bertz CT molecular complexity index is 2500. The van der Waals surface area contributed by atoms with Gasteiger partial charge in [0.2, 0.25) is 0 Å². The van der Waals surface area contributed by atoms with Crippen LogP contribution in [0.4, 0.5) is 5.69 Å². The van der Waals surface area contributed by atoms with Crippen LogP contribution in [0.2, 0.25) is 0 Å². The van der Waals surface area contributed by atoms with Gasteiger partial charge in [-0.25, -0.2) is 4.98 Å². The van der Waals surface area contributed by atoms with Gasteiger partial charge in [-0.1, -0.05) is 90.4 Å². The van der Waals surface area contributed by atoms with Gasteiger partial charge in [-0.3, -0.25) is 0 Å². The molecule has 0 unspecified atom stereocenters. The Labute approximate surface area is 300 Å². The molecule has 6 aromatic carbocycles. The predicted octanol–water partition coefficient (Wildman–Crippen LogP) is 8.36.